The first-order valence-electron chi connectivity index (χ1n) is 8.11. The largest absolute Gasteiger partial charge is 0.394 e. The van der Waals surface area contributed by atoms with Crippen LogP contribution in [0.15, 0.2) is 0 Å². The molecule has 0 aromatic carbocycles. The number of aliphatic hydroxyl groups excluding tert-OH is 1. The number of nitrogens with one attached hydrogen (secondary N) is 1. The molecule has 0 spiro atoms. The standard InChI is InChI=1S/C17H36N2O/c1-16(2,3)14-8-9-15(18-6)13(10-14)11-19(7)17(4,5)12-20/h13-15,18,20H,8-12H2,1-7H3. The summed E-state index contributed by atoms with van der Waals surface area (Å²) < 4.78 is 0. The fourth-order valence-corrected chi connectivity index (χ4v) is 3.35. The number of hydrogen-bond acceptors (Lipinski definition) is 3. The van der Waals surface area contributed by atoms with Gasteiger partial charge in [0.15, 0.2) is 0 Å². The second-order valence-electron chi connectivity index (χ2n) is 8.38. The molecule has 120 valence electrons. The zero-order chi connectivity index (χ0) is 15.6. The lowest BCUT2D eigenvalue weighted by Gasteiger charge is -2.45. The number of aliphatic hydroxyl groups is 1. The maximum atomic E-state index is 9.54. The first kappa shape index (κ1) is 17.9. The Balaban J connectivity index is 2.72. The third-order valence-electron chi connectivity index (χ3n) is 5.51. The summed E-state index contributed by atoms with van der Waals surface area (Å²) in [6.45, 7) is 12.6. The third-order valence-corrected chi connectivity index (χ3v) is 5.51. The van der Waals surface area contributed by atoms with E-state index in [0.29, 0.717) is 17.4 Å². The van der Waals surface area contributed by atoms with Gasteiger partial charge in [-0.2, -0.15) is 0 Å². The van der Waals surface area contributed by atoms with Gasteiger partial charge in [0, 0.05) is 18.1 Å². The van der Waals surface area contributed by atoms with Gasteiger partial charge in [0.1, 0.15) is 0 Å². The quantitative estimate of drug-likeness (QED) is 0.815. The predicted molar refractivity (Wildman–Crippen MR) is 86.9 cm³/mol. The lowest BCUT2D eigenvalue weighted by Crippen LogP contribution is -2.51. The Kier molecular flexibility index (Phi) is 6.06. The summed E-state index contributed by atoms with van der Waals surface area (Å²) in [6.07, 6.45) is 3.90. The molecule has 0 amide bonds. The van der Waals surface area contributed by atoms with Gasteiger partial charge in [-0.05, 0) is 64.5 Å². The van der Waals surface area contributed by atoms with E-state index in [1.807, 2.05) is 0 Å². The number of likely N-dealkylation sites (N-methyl/N-ethyl adjacent to an activating group) is 1. The Bertz CT molecular complexity index is 296. The molecule has 0 radical (unpaired) electrons. The zero-order valence-corrected chi connectivity index (χ0v) is 14.7. The van der Waals surface area contributed by atoms with Crippen molar-refractivity contribution in [3.63, 3.8) is 0 Å². The van der Waals surface area contributed by atoms with Gasteiger partial charge < -0.3 is 10.4 Å². The molecule has 20 heavy (non-hydrogen) atoms. The van der Waals surface area contributed by atoms with E-state index in [1.165, 1.54) is 19.3 Å². The molecule has 1 saturated carbocycles. The molecule has 0 heterocycles. The Morgan fingerprint density at radius 2 is 1.75 bits per heavy atom. The topological polar surface area (TPSA) is 35.5 Å². The van der Waals surface area contributed by atoms with Crippen molar-refractivity contribution in [2.75, 3.05) is 27.2 Å². The highest BCUT2D eigenvalue weighted by molar-refractivity contribution is 4.91. The van der Waals surface area contributed by atoms with E-state index in [0.717, 1.165) is 12.5 Å². The molecule has 1 aliphatic rings. The highest BCUT2D eigenvalue weighted by atomic mass is 16.3. The van der Waals surface area contributed by atoms with Crippen LogP contribution >= 0.6 is 0 Å². The van der Waals surface area contributed by atoms with Gasteiger partial charge in [-0.15, -0.1) is 0 Å². The summed E-state index contributed by atoms with van der Waals surface area (Å²) in [6, 6.07) is 0.616. The van der Waals surface area contributed by atoms with Crippen LogP contribution in [0.5, 0.6) is 0 Å². The molecule has 0 saturated heterocycles. The van der Waals surface area contributed by atoms with Crippen LogP contribution in [0.25, 0.3) is 0 Å². The van der Waals surface area contributed by atoms with Gasteiger partial charge in [0.25, 0.3) is 0 Å². The molecule has 3 unspecified atom stereocenters. The van der Waals surface area contributed by atoms with Gasteiger partial charge in [0.2, 0.25) is 0 Å². The average Bonchev–Trinajstić information content (AvgIpc) is 2.37. The maximum absolute atomic E-state index is 9.54. The van der Waals surface area contributed by atoms with Gasteiger partial charge in [-0.25, -0.2) is 0 Å². The minimum absolute atomic E-state index is 0.132. The van der Waals surface area contributed by atoms with Crippen LogP contribution in [0, 0.1) is 17.3 Å². The summed E-state index contributed by atoms with van der Waals surface area (Å²) in [5.74, 6) is 1.48. The SMILES string of the molecule is CNC1CCC(C(C)(C)C)CC1CN(C)C(C)(C)CO. The predicted octanol–water partition coefficient (Wildman–Crippen LogP) is 2.74. The first-order chi connectivity index (χ1) is 9.11. The van der Waals surface area contributed by atoms with E-state index in [9.17, 15) is 5.11 Å². The van der Waals surface area contributed by atoms with Gasteiger partial charge in [-0.3, -0.25) is 4.90 Å². The van der Waals surface area contributed by atoms with Crippen LogP contribution in [0.1, 0.15) is 53.9 Å². The van der Waals surface area contributed by atoms with Crippen molar-refractivity contribution in [3.05, 3.63) is 0 Å². The van der Waals surface area contributed by atoms with Crippen molar-refractivity contribution in [2.45, 2.75) is 65.5 Å². The molecule has 3 heteroatoms. The second-order valence-corrected chi connectivity index (χ2v) is 8.38. The summed E-state index contributed by atoms with van der Waals surface area (Å²) in [5.41, 5.74) is 0.273. The molecule has 0 aliphatic heterocycles. The summed E-state index contributed by atoms with van der Waals surface area (Å²) in [7, 11) is 4.23. The van der Waals surface area contributed by atoms with Crippen LogP contribution in [-0.2, 0) is 0 Å². The van der Waals surface area contributed by atoms with E-state index < -0.39 is 0 Å². The molecule has 1 fully saturated rings. The van der Waals surface area contributed by atoms with Crippen molar-refractivity contribution < 1.29 is 5.11 Å². The molecule has 0 aromatic rings. The molecule has 0 aromatic heterocycles. The Labute approximate surface area is 126 Å². The second kappa shape index (κ2) is 6.76. The molecule has 3 nitrogen and oxygen atoms in total. The fourth-order valence-electron chi connectivity index (χ4n) is 3.35. The smallest absolute Gasteiger partial charge is 0.0609 e. The number of nitrogens with zero attached hydrogens (tertiary/aromatic N) is 1. The zero-order valence-electron chi connectivity index (χ0n) is 14.7. The van der Waals surface area contributed by atoms with Crippen molar-refractivity contribution in [3.8, 4) is 0 Å². The molecule has 1 aliphatic carbocycles. The van der Waals surface area contributed by atoms with Crippen LogP contribution in [0.2, 0.25) is 0 Å². The van der Waals surface area contributed by atoms with Crippen molar-refractivity contribution in [1.82, 2.24) is 10.2 Å². The van der Waals surface area contributed by atoms with E-state index in [-0.39, 0.29) is 12.1 Å². The Morgan fingerprint density at radius 3 is 2.20 bits per heavy atom. The molecule has 2 N–H and O–H groups in total. The highest BCUT2D eigenvalue weighted by Crippen LogP contribution is 2.40. The van der Waals surface area contributed by atoms with Crippen LogP contribution in [0.4, 0.5) is 0 Å². The van der Waals surface area contributed by atoms with E-state index in [1.54, 1.807) is 0 Å². The molecule has 3 atom stereocenters. The fraction of sp³-hybridized carbons (Fsp3) is 1.00. The van der Waals surface area contributed by atoms with Crippen molar-refractivity contribution >= 4 is 0 Å². The monoisotopic (exact) mass is 284 g/mol. The van der Waals surface area contributed by atoms with E-state index in [2.05, 4.69) is 58.9 Å². The van der Waals surface area contributed by atoms with Gasteiger partial charge in [0.05, 0.1) is 6.61 Å². The molecule has 0 bridgehead atoms. The van der Waals surface area contributed by atoms with E-state index >= 15 is 0 Å². The molecular formula is C17H36N2O. The van der Waals surface area contributed by atoms with Crippen molar-refractivity contribution in [1.29, 1.82) is 0 Å². The molecule has 1 rings (SSSR count). The van der Waals surface area contributed by atoms with Crippen LogP contribution < -0.4 is 5.32 Å². The maximum Gasteiger partial charge on any atom is 0.0609 e. The minimum atomic E-state index is -0.132. The van der Waals surface area contributed by atoms with E-state index in [4.69, 9.17) is 0 Å². The average molecular weight is 284 g/mol. The van der Waals surface area contributed by atoms with Gasteiger partial charge in [-0.1, -0.05) is 20.8 Å². The summed E-state index contributed by atoms with van der Waals surface area (Å²) >= 11 is 0. The normalized spacial score (nSPS) is 28.9. The first-order valence-corrected chi connectivity index (χ1v) is 8.11. The van der Waals surface area contributed by atoms with Crippen LogP contribution in [0.3, 0.4) is 0 Å². The third kappa shape index (κ3) is 4.44. The lowest BCUT2D eigenvalue weighted by atomic mass is 9.67. The lowest BCUT2D eigenvalue weighted by molar-refractivity contribution is 0.0365. The number of rotatable bonds is 5. The summed E-state index contributed by atoms with van der Waals surface area (Å²) in [5, 5.41) is 13.1. The van der Waals surface area contributed by atoms with Crippen LogP contribution in [-0.4, -0.2) is 48.8 Å². The Morgan fingerprint density at radius 1 is 1.15 bits per heavy atom. The van der Waals surface area contributed by atoms with Gasteiger partial charge >= 0.3 is 0 Å². The minimum Gasteiger partial charge on any atom is -0.394 e. The summed E-state index contributed by atoms with van der Waals surface area (Å²) in [4.78, 5) is 2.33. The molecular weight excluding hydrogens is 248 g/mol. The Hall–Kier alpha value is -0.120. The van der Waals surface area contributed by atoms with Crippen molar-refractivity contribution in [2.24, 2.45) is 17.3 Å². The number of hydrogen-bond donors (Lipinski definition) is 2. The highest BCUT2D eigenvalue weighted by Gasteiger charge is 2.37.